The standard InChI is InChI=1S/C12H27ClOSi/c1-4-15(5-2,6-3)14-12-10-8-7-9-11-13/h4-12H2,1-3H3. The summed E-state index contributed by atoms with van der Waals surface area (Å²) in [6, 6.07) is 3.80. The van der Waals surface area contributed by atoms with E-state index in [0.29, 0.717) is 0 Å². The summed E-state index contributed by atoms with van der Waals surface area (Å²) in [6.07, 6.45) is 4.89. The fourth-order valence-electron chi connectivity index (χ4n) is 1.89. The molecule has 0 aromatic heterocycles. The fourth-order valence-corrected chi connectivity index (χ4v) is 4.77. The summed E-state index contributed by atoms with van der Waals surface area (Å²) in [4.78, 5) is 0. The molecule has 1 nitrogen and oxygen atoms in total. The van der Waals surface area contributed by atoms with Crippen molar-refractivity contribution < 1.29 is 4.43 Å². The first-order valence-electron chi connectivity index (χ1n) is 6.44. The SMILES string of the molecule is CC[Si](CC)(CC)OCCCCCCCl. The van der Waals surface area contributed by atoms with Crippen LogP contribution < -0.4 is 0 Å². The van der Waals surface area contributed by atoms with Gasteiger partial charge < -0.3 is 4.43 Å². The molecule has 0 rings (SSSR count). The largest absolute Gasteiger partial charge is 0.417 e. The smallest absolute Gasteiger partial charge is 0.191 e. The Morgan fingerprint density at radius 1 is 0.867 bits per heavy atom. The van der Waals surface area contributed by atoms with E-state index in [-0.39, 0.29) is 0 Å². The molecule has 0 heterocycles. The van der Waals surface area contributed by atoms with Crippen molar-refractivity contribution in [3.63, 3.8) is 0 Å². The summed E-state index contributed by atoms with van der Waals surface area (Å²) >= 11 is 5.63. The van der Waals surface area contributed by atoms with E-state index in [1.807, 2.05) is 0 Å². The average Bonchev–Trinajstić information content (AvgIpc) is 2.29. The molecular formula is C12H27ClOSi. The molecule has 3 heteroatoms. The van der Waals surface area contributed by atoms with E-state index < -0.39 is 8.32 Å². The Labute approximate surface area is 102 Å². The zero-order valence-corrected chi connectivity index (χ0v) is 12.4. The van der Waals surface area contributed by atoms with E-state index in [1.165, 1.54) is 37.4 Å². The maximum Gasteiger partial charge on any atom is 0.191 e. The molecule has 0 aliphatic heterocycles. The minimum atomic E-state index is -1.31. The van der Waals surface area contributed by atoms with Gasteiger partial charge in [-0.2, -0.15) is 0 Å². The van der Waals surface area contributed by atoms with Crippen molar-refractivity contribution in [3.8, 4) is 0 Å². The van der Waals surface area contributed by atoms with Gasteiger partial charge in [-0.15, -0.1) is 11.6 Å². The van der Waals surface area contributed by atoms with Crippen molar-refractivity contribution in [1.29, 1.82) is 0 Å². The van der Waals surface area contributed by atoms with Gasteiger partial charge >= 0.3 is 0 Å². The molecule has 0 aromatic rings. The van der Waals surface area contributed by atoms with Gasteiger partial charge in [0.05, 0.1) is 0 Å². The number of hydrogen-bond acceptors (Lipinski definition) is 1. The van der Waals surface area contributed by atoms with Gasteiger partial charge in [-0.3, -0.25) is 0 Å². The van der Waals surface area contributed by atoms with E-state index in [9.17, 15) is 0 Å². The lowest BCUT2D eigenvalue weighted by atomic mass is 10.2. The van der Waals surface area contributed by atoms with Crippen LogP contribution in [-0.2, 0) is 4.43 Å². The van der Waals surface area contributed by atoms with Crippen LogP contribution in [0.25, 0.3) is 0 Å². The molecule has 92 valence electrons. The first kappa shape index (κ1) is 15.5. The van der Waals surface area contributed by atoms with Gasteiger partial charge in [0.2, 0.25) is 0 Å². The summed E-state index contributed by atoms with van der Waals surface area (Å²) in [5.41, 5.74) is 0. The Bertz CT molecular complexity index is 129. The summed E-state index contributed by atoms with van der Waals surface area (Å²) < 4.78 is 6.16. The maximum absolute atomic E-state index is 6.16. The Balaban J connectivity index is 3.54. The number of rotatable bonds is 10. The van der Waals surface area contributed by atoms with Crippen LogP contribution in [0.3, 0.4) is 0 Å². The van der Waals surface area contributed by atoms with Crippen molar-refractivity contribution in [2.24, 2.45) is 0 Å². The molecule has 0 unspecified atom stereocenters. The Morgan fingerprint density at radius 2 is 1.40 bits per heavy atom. The Morgan fingerprint density at radius 3 is 1.87 bits per heavy atom. The Hall–Kier alpha value is 0.467. The highest BCUT2D eigenvalue weighted by Gasteiger charge is 2.27. The number of alkyl halides is 1. The van der Waals surface area contributed by atoms with Crippen LogP contribution in [0.5, 0.6) is 0 Å². The number of unbranched alkanes of at least 4 members (excludes halogenated alkanes) is 3. The minimum absolute atomic E-state index is 0.804. The molecule has 0 spiro atoms. The number of halogens is 1. The first-order chi connectivity index (χ1) is 7.24. The molecular weight excluding hydrogens is 224 g/mol. The predicted octanol–water partition coefficient (Wildman–Crippen LogP) is 4.81. The first-order valence-corrected chi connectivity index (χ1v) is 9.51. The van der Waals surface area contributed by atoms with Gasteiger partial charge in [0.25, 0.3) is 0 Å². The number of hydrogen-bond donors (Lipinski definition) is 0. The fraction of sp³-hybridized carbons (Fsp3) is 1.00. The molecule has 0 fully saturated rings. The molecule has 0 N–H and O–H groups in total. The molecule has 0 saturated heterocycles. The lowest BCUT2D eigenvalue weighted by molar-refractivity contribution is 0.288. The maximum atomic E-state index is 6.16. The molecule has 15 heavy (non-hydrogen) atoms. The lowest BCUT2D eigenvalue weighted by Gasteiger charge is -2.27. The summed E-state index contributed by atoms with van der Waals surface area (Å²) in [6.45, 7) is 7.83. The van der Waals surface area contributed by atoms with E-state index in [4.69, 9.17) is 16.0 Å². The van der Waals surface area contributed by atoms with Crippen LogP contribution in [-0.4, -0.2) is 20.8 Å². The predicted molar refractivity (Wildman–Crippen MR) is 72.3 cm³/mol. The van der Waals surface area contributed by atoms with Crippen LogP contribution in [0, 0.1) is 0 Å². The molecule has 0 aromatic carbocycles. The highest BCUT2D eigenvalue weighted by molar-refractivity contribution is 6.73. The summed E-state index contributed by atoms with van der Waals surface area (Å²) in [5.74, 6) is 0.804. The third-order valence-electron chi connectivity index (χ3n) is 3.37. The molecule has 0 amide bonds. The van der Waals surface area contributed by atoms with Crippen LogP contribution in [0.15, 0.2) is 0 Å². The second-order valence-electron chi connectivity index (χ2n) is 4.20. The second-order valence-corrected chi connectivity index (χ2v) is 9.35. The van der Waals surface area contributed by atoms with Crippen LogP contribution in [0.1, 0.15) is 46.5 Å². The van der Waals surface area contributed by atoms with Gasteiger partial charge in [-0.25, -0.2) is 0 Å². The van der Waals surface area contributed by atoms with Gasteiger partial charge in [0.1, 0.15) is 0 Å². The van der Waals surface area contributed by atoms with Crippen molar-refractivity contribution in [2.45, 2.75) is 64.6 Å². The van der Waals surface area contributed by atoms with E-state index >= 15 is 0 Å². The highest BCUT2D eigenvalue weighted by atomic mass is 35.5. The molecule has 0 radical (unpaired) electrons. The zero-order valence-electron chi connectivity index (χ0n) is 10.7. The molecule has 0 saturated carbocycles. The van der Waals surface area contributed by atoms with Gasteiger partial charge in [-0.05, 0) is 31.0 Å². The van der Waals surface area contributed by atoms with Crippen LogP contribution >= 0.6 is 11.6 Å². The zero-order chi connectivity index (χ0) is 11.6. The van der Waals surface area contributed by atoms with Crippen LogP contribution in [0.4, 0.5) is 0 Å². The summed E-state index contributed by atoms with van der Waals surface area (Å²) in [7, 11) is -1.31. The molecule has 0 aliphatic carbocycles. The Kier molecular flexibility index (Phi) is 9.98. The van der Waals surface area contributed by atoms with Crippen molar-refractivity contribution >= 4 is 19.9 Å². The highest BCUT2D eigenvalue weighted by Crippen LogP contribution is 2.21. The normalized spacial score (nSPS) is 12.0. The monoisotopic (exact) mass is 250 g/mol. The average molecular weight is 251 g/mol. The van der Waals surface area contributed by atoms with Crippen molar-refractivity contribution in [1.82, 2.24) is 0 Å². The second kappa shape index (κ2) is 9.68. The van der Waals surface area contributed by atoms with Crippen molar-refractivity contribution in [3.05, 3.63) is 0 Å². The summed E-state index contributed by atoms with van der Waals surface area (Å²) in [5, 5.41) is 0. The van der Waals surface area contributed by atoms with Crippen LogP contribution in [0.2, 0.25) is 18.1 Å². The minimum Gasteiger partial charge on any atom is -0.417 e. The third-order valence-corrected chi connectivity index (χ3v) is 8.32. The molecule has 0 bridgehead atoms. The third kappa shape index (κ3) is 6.59. The lowest BCUT2D eigenvalue weighted by Crippen LogP contribution is -2.36. The van der Waals surface area contributed by atoms with E-state index in [0.717, 1.165) is 18.9 Å². The van der Waals surface area contributed by atoms with Gasteiger partial charge in [-0.1, -0.05) is 33.6 Å². The van der Waals surface area contributed by atoms with E-state index in [2.05, 4.69) is 20.8 Å². The topological polar surface area (TPSA) is 9.23 Å². The molecule has 0 aliphatic rings. The van der Waals surface area contributed by atoms with Gasteiger partial charge in [0.15, 0.2) is 8.32 Å². The van der Waals surface area contributed by atoms with Crippen molar-refractivity contribution in [2.75, 3.05) is 12.5 Å². The van der Waals surface area contributed by atoms with Gasteiger partial charge in [0, 0.05) is 12.5 Å². The molecule has 0 atom stereocenters. The quantitative estimate of drug-likeness (QED) is 0.307. The van der Waals surface area contributed by atoms with E-state index in [1.54, 1.807) is 0 Å².